The highest BCUT2D eigenvalue weighted by atomic mass is 16.5. The van der Waals surface area contributed by atoms with E-state index in [1.807, 2.05) is 68.7 Å². The number of para-hydroxylation sites is 1. The van der Waals surface area contributed by atoms with Crippen LogP contribution in [0.2, 0.25) is 0 Å². The van der Waals surface area contributed by atoms with Crippen LogP contribution in [0.1, 0.15) is 63.5 Å². The van der Waals surface area contributed by atoms with Crippen LogP contribution in [0.3, 0.4) is 0 Å². The second kappa shape index (κ2) is 15.6. The number of hydrogen-bond donors (Lipinski definition) is 5. The molecule has 6 N–H and O–H groups in total. The number of nitrogens with two attached hydrogens (primary N) is 1. The van der Waals surface area contributed by atoms with Crippen LogP contribution in [0, 0.1) is 11.3 Å². The summed E-state index contributed by atoms with van der Waals surface area (Å²) in [5, 5.41) is 18.3. The average molecular weight is 546 g/mol. The van der Waals surface area contributed by atoms with Gasteiger partial charge in [0, 0.05) is 24.1 Å². The van der Waals surface area contributed by atoms with Crippen molar-refractivity contribution in [3.05, 3.63) is 72.1 Å². The Labute approximate surface area is 237 Å². The van der Waals surface area contributed by atoms with Crippen LogP contribution >= 0.6 is 0 Å². The van der Waals surface area contributed by atoms with E-state index in [0.717, 1.165) is 37.9 Å². The van der Waals surface area contributed by atoms with E-state index >= 15 is 0 Å². The molecule has 1 amide bonds. The lowest BCUT2D eigenvalue weighted by atomic mass is 9.90. The Balaban J connectivity index is 0.00000141. The van der Waals surface area contributed by atoms with Gasteiger partial charge in [-0.15, -0.1) is 0 Å². The van der Waals surface area contributed by atoms with Crippen LogP contribution < -0.4 is 26.4 Å². The quantitative estimate of drug-likeness (QED) is 0.216. The molecule has 0 radical (unpaired) electrons. The number of anilines is 2. The normalized spacial score (nSPS) is 16.4. The van der Waals surface area contributed by atoms with Crippen molar-refractivity contribution in [2.45, 2.75) is 64.5 Å². The van der Waals surface area contributed by atoms with Crippen molar-refractivity contribution < 1.29 is 9.53 Å². The van der Waals surface area contributed by atoms with Crippen molar-refractivity contribution in [1.82, 2.24) is 20.6 Å². The van der Waals surface area contributed by atoms with E-state index in [-0.39, 0.29) is 29.5 Å². The minimum atomic E-state index is 0.143. The zero-order chi connectivity index (χ0) is 28.9. The summed E-state index contributed by atoms with van der Waals surface area (Å²) < 4.78 is 5.86. The molecule has 0 saturated heterocycles. The van der Waals surface area contributed by atoms with Gasteiger partial charge in [0.25, 0.3) is 0 Å². The maximum atomic E-state index is 12.2. The van der Waals surface area contributed by atoms with Gasteiger partial charge in [0.15, 0.2) is 0 Å². The van der Waals surface area contributed by atoms with Crippen LogP contribution in [0.25, 0.3) is 0 Å². The molecular formula is C31H43N7O2. The Morgan fingerprint density at radius 2 is 1.57 bits per heavy atom. The minimum absolute atomic E-state index is 0.143. The number of aromatic nitrogens is 2. The predicted octanol–water partition coefficient (Wildman–Crippen LogP) is 5.38. The number of amides is 1. The molecule has 0 aliphatic heterocycles. The third-order valence-electron chi connectivity index (χ3n) is 6.63. The fourth-order valence-electron chi connectivity index (χ4n) is 4.51. The zero-order valence-corrected chi connectivity index (χ0v) is 24.0. The first-order valence-electron chi connectivity index (χ1n) is 14.0. The summed E-state index contributed by atoms with van der Waals surface area (Å²) in [4.78, 5) is 20.8. The maximum absolute atomic E-state index is 12.2. The monoisotopic (exact) mass is 545 g/mol. The van der Waals surface area contributed by atoms with Gasteiger partial charge in [-0.05, 0) is 88.5 Å². The molecule has 0 spiro atoms. The van der Waals surface area contributed by atoms with Crippen molar-refractivity contribution in [3.63, 3.8) is 0 Å². The van der Waals surface area contributed by atoms with Gasteiger partial charge in [-0.3, -0.25) is 10.2 Å². The lowest BCUT2D eigenvalue weighted by Gasteiger charge is -2.30. The number of carbonyl (C=O) groups is 1. The molecule has 1 aliphatic rings. The van der Waals surface area contributed by atoms with Crippen LogP contribution in [0.4, 0.5) is 11.6 Å². The van der Waals surface area contributed by atoms with Gasteiger partial charge < -0.3 is 26.4 Å². The first-order chi connectivity index (χ1) is 19.3. The highest BCUT2D eigenvalue weighted by molar-refractivity contribution is 6.16. The minimum Gasteiger partial charge on any atom is -0.457 e. The third-order valence-corrected chi connectivity index (χ3v) is 6.63. The first-order valence-corrected chi connectivity index (χ1v) is 14.0. The molecule has 0 unspecified atom stereocenters. The fraction of sp³-hybridized carbons (Fsp3) is 0.419. The zero-order valence-electron chi connectivity index (χ0n) is 24.0. The molecule has 1 aromatic heterocycles. The molecule has 1 aliphatic carbocycles. The summed E-state index contributed by atoms with van der Waals surface area (Å²) in [6.45, 7) is 4.26. The topological polar surface area (TPSA) is 138 Å². The number of ether oxygens (including phenoxy) is 1. The summed E-state index contributed by atoms with van der Waals surface area (Å²) in [7, 11) is 3.75. The Bertz CT molecular complexity index is 1210. The van der Waals surface area contributed by atoms with E-state index in [4.69, 9.17) is 15.9 Å². The summed E-state index contributed by atoms with van der Waals surface area (Å²) in [5.41, 5.74) is 7.65. The highest BCUT2D eigenvalue weighted by Gasteiger charge is 2.25. The van der Waals surface area contributed by atoms with Crippen molar-refractivity contribution in [2.75, 3.05) is 25.1 Å². The summed E-state index contributed by atoms with van der Waals surface area (Å²) in [6.07, 6.45) is 6.53. The Hall–Kier alpha value is -3.98. The fourth-order valence-corrected chi connectivity index (χ4v) is 4.51. The van der Waals surface area contributed by atoms with Crippen molar-refractivity contribution in [3.8, 4) is 11.5 Å². The van der Waals surface area contributed by atoms with Crippen LogP contribution in [0.15, 0.2) is 60.9 Å². The Morgan fingerprint density at radius 1 is 0.975 bits per heavy atom. The molecule has 0 bridgehead atoms. The number of nitrogen functional groups attached to an aromatic ring is 1. The van der Waals surface area contributed by atoms with Crippen LogP contribution in [-0.4, -0.2) is 47.8 Å². The van der Waals surface area contributed by atoms with Gasteiger partial charge in [-0.2, -0.15) is 0 Å². The van der Waals surface area contributed by atoms with E-state index in [9.17, 15) is 4.79 Å². The Morgan fingerprint density at radius 3 is 2.20 bits per heavy atom. The standard InChI is InChI=1S/C29H36N6O2.C2H7N/c1-19(2)8-17-25(36)34-21-11-13-22(14-12-21)35-29-26(28(31)32-18-33-29)27(30)20-9-15-24(16-10-20)37-23-6-4-3-5-7-23;1-3-2/h3-7,9-10,15-16,18-19,21-22,30H,8,11-14,17H2,1-2H3,(H,34,36)(H3,31,32,33,35);3H,1-2H3. The van der Waals surface area contributed by atoms with E-state index in [0.29, 0.717) is 35.0 Å². The number of hydrogen-bond acceptors (Lipinski definition) is 8. The number of nitrogens with zero attached hydrogens (tertiary/aromatic N) is 2. The van der Waals surface area contributed by atoms with Gasteiger partial charge in [-0.25, -0.2) is 9.97 Å². The summed E-state index contributed by atoms with van der Waals surface area (Å²) >= 11 is 0. The van der Waals surface area contributed by atoms with Crippen LogP contribution in [0.5, 0.6) is 11.5 Å². The number of nitrogens with one attached hydrogen (secondary N) is 4. The molecule has 0 atom stereocenters. The predicted molar refractivity (Wildman–Crippen MR) is 162 cm³/mol. The lowest BCUT2D eigenvalue weighted by molar-refractivity contribution is -0.122. The van der Waals surface area contributed by atoms with Crippen molar-refractivity contribution in [2.24, 2.45) is 5.92 Å². The van der Waals surface area contributed by atoms with E-state index in [1.165, 1.54) is 6.33 Å². The largest absolute Gasteiger partial charge is 0.457 e. The molecule has 40 heavy (non-hydrogen) atoms. The molecule has 3 aromatic rings. The highest BCUT2D eigenvalue weighted by Crippen LogP contribution is 2.28. The SMILES string of the molecule is CC(C)CCC(=O)NC1CCC(Nc2ncnc(N)c2C(=N)c2ccc(Oc3ccccc3)cc2)CC1.CNC. The van der Waals surface area contributed by atoms with Crippen molar-refractivity contribution >= 4 is 23.3 Å². The van der Waals surface area contributed by atoms with Crippen LogP contribution in [-0.2, 0) is 4.79 Å². The molecule has 214 valence electrons. The molecule has 4 rings (SSSR count). The molecule has 2 aromatic carbocycles. The molecule has 1 saturated carbocycles. The summed E-state index contributed by atoms with van der Waals surface area (Å²) in [5.74, 6) is 2.93. The second-order valence-corrected chi connectivity index (χ2v) is 10.5. The summed E-state index contributed by atoms with van der Waals surface area (Å²) in [6, 6.07) is 17.3. The lowest BCUT2D eigenvalue weighted by Crippen LogP contribution is -2.40. The molecule has 1 fully saturated rings. The Kier molecular flexibility index (Phi) is 11.9. The van der Waals surface area contributed by atoms with Gasteiger partial charge in [0.2, 0.25) is 5.91 Å². The van der Waals surface area contributed by atoms with E-state index < -0.39 is 0 Å². The first kappa shape index (κ1) is 30.6. The van der Waals surface area contributed by atoms with Crippen molar-refractivity contribution in [1.29, 1.82) is 5.41 Å². The molecule has 1 heterocycles. The van der Waals surface area contributed by atoms with Gasteiger partial charge in [-0.1, -0.05) is 32.0 Å². The van der Waals surface area contributed by atoms with E-state index in [1.54, 1.807) is 0 Å². The van der Waals surface area contributed by atoms with E-state index in [2.05, 4.69) is 39.8 Å². The number of rotatable bonds is 10. The number of carbonyl (C=O) groups excluding carboxylic acids is 1. The maximum Gasteiger partial charge on any atom is 0.220 e. The molecule has 9 heteroatoms. The third kappa shape index (κ3) is 9.34. The number of benzene rings is 2. The smallest absolute Gasteiger partial charge is 0.220 e. The van der Waals surface area contributed by atoms with Gasteiger partial charge >= 0.3 is 0 Å². The molecular weight excluding hydrogens is 502 g/mol. The van der Waals surface area contributed by atoms with Gasteiger partial charge in [0.05, 0.1) is 11.3 Å². The molecule has 9 nitrogen and oxygen atoms in total. The average Bonchev–Trinajstić information content (AvgIpc) is 2.94. The second-order valence-electron chi connectivity index (χ2n) is 10.5. The van der Waals surface area contributed by atoms with Gasteiger partial charge in [0.1, 0.15) is 29.5 Å².